The summed E-state index contributed by atoms with van der Waals surface area (Å²) in [6, 6.07) is 2.04. The number of hydrogen-bond donors (Lipinski definition) is 2. The highest BCUT2D eigenvalue weighted by Crippen LogP contribution is 2.19. The van der Waals surface area contributed by atoms with Gasteiger partial charge in [0.1, 0.15) is 17.5 Å². The van der Waals surface area contributed by atoms with Crippen molar-refractivity contribution < 1.29 is 0 Å². The van der Waals surface area contributed by atoms with Crippen LogP contribution in [0.25, 0.3) is 0 Å². The largest absolute Gasteiger partial charge is 0.383 e. The molecule has 0 saturated carbocycles. The minimum absolute atomic E-state index is 0.413. The Morgan fingerprint density at radius 3 is 2.67 bits per heavy atom. The van der Waals surface area contributed by atoms with Gasteiger partial charge in [0.15, 0.2) is 5.82 Å². The van der Waals surface area contributed by atoms with Crippen molar-refractivity contribution in [2.45, 2.75) is 6.54 Å². The Labute approximate surface area is 89.3 Å². The Balaban J connectivity index is 2.91. The summed E-state index contributed by atoms with van der Waals surface area (Å²) < 4.78 is 1.64. The second-order valence-corrected chi connectivity index (χ2v) is 3.50. The third-order valence-electron chi connectivity index (χ3n) is 2.10. The van der Waals surface area contributed by atoms with Crippen molar-refractivity contribution in [1.82, 2.24) is 14.7 Å². The molecule has 0 radical (unpaired) electrons. The molecule has 1 aromatic rings. The number of nitrogen functional groups attached to an aromatic ring is 1. The summed E-state index contributed by atoms with van der Waals surface area (Å²) >= 11 is 0. The molecule has 6 nitrogen and oxygen atoms in total. The molecule has 15 heavy (non-hydrogen) atoms. The molecule has 1 heterocycles. The zero-order chi connectivity index (χ0) is 11.4. The van der Waals surface area contributed by atoms with Gasteiger partial charge in [0.2, 0.25) is 0 Å². The Hall–Kier alpha value is -1.74. The summed E-state index contributed by atoms with van der Waals surface area (Å²) in [6.45, 7) is 1.51. The van der Waals surface area contributed by atoms with Crippen LogP contribution in [0.15, 0.2) is 0 Å². The molecule has 82 valence electrons. The van der Waals surface area contributed by atoms with Crippen LogP contribution >= 0.6 is 0 Å². The van der Waals surface area contributed by atoms with Crippen LogP contribution in [0.3, 0.4) is 0 Å². The second kappa shape index (κ2) is 4.66. The van der Waals surface area contributed by atoms with Gasteiger partial charge < -0.3 is 16.0 Å². The highest BCUT2D eigenvalue weighted by Gasteiger charge is 2.13. The fourth-order valence-electron chi connectivity index (χ4n) is 1.23. The van der Waals surface area contributed by atoms with Crippen molar-refractivity contribution in [3.8, 4) is 6.07 Å². The van der Waals surface area contributed by atoms with E-state index in [1.54, 1.807) is 11.7 Å². The van der Waals surface area contributed by atoms with E-state index in [2.05, 4.69) is 10.4 Å². The summed E-state index contributed by atoms with van der Waals surface area (Å²) in [5.74, 6) is 0.956. The maximum absolute atomic E-state index is 8.89. The van der Waals surface area contributed by atoms with Gasteiger partial charge in [0.25, 0.3) is 0 Å². The second-order valence-electron chi connectivity index (χ2n) is 3.50. The molecule has 0 amide bonds. The van der Waals surface area contributed by atoms with Crippen LogP contribution in [0.2, 0.25) is 0 Å². The van der Waals surface area contributed by atoms with Crippen LogP contribution in [-0.2, 0) is 6.54 Å². The van der Waals surface area contributed by atoms with E-state index < -0.39 is 0 Å². The molecule has 0 saturated heterocycles. The molecule has 0 aliphatic carbocycles. The van der Waals surface area contributed by atoms with E-state index in [1.165, 1.54) is 0 Å². The zero-order valence-corrected chi connectivity index (χ0v) is 9.28. The monoisotopic (exact) mass is 208 g/mol. The molecule has 1 aromatic heterocycles. The third kappa shape index (κ3) is 2.39. The topological polar surface area (TPSA) is 82.9 Å². The Bertz CT molecular complexity index is 373. The summed E-state index contributed by atoms with van der Waals surface area (Å²) in [6.07, 6.45) is 0. The van der Waals surface area contributed by atoms with E-state index in [9.17, 15) is 0 Å². The lowest BCUT2D eigenvalue weighted by molar-refractivity contribution is 0.375. The number of nitrogens with one attached hydrogen (secondary N) is 1. The standard InChI is InChI=1S/C9H16N6/c1-12-9-7(6-10)8(11)15(13-9)5-4-14(2)3/h4-5,11H2,1-3H3,(H,12,13). The van der Waals surface area contributed by atoms with Crippen LogP contribution in [0.4, 0.5) is 11.6 Å². The van der Waals surface area contributed by atoms with Crippen molar-refractivity contribution in [3.63, 3.8) is 0 Å². The highest BCUT2D eigenvalue weighted by atomic mass is 15.3. The molecule has 3 N–H and O–H groups in total. The lowest BCUT2D eigenvalue weighted by Crippen LogP contribution is -2.20. The number of nitriles is 1. The molecule has 0 bridgehead atoms. The lowest BCUT2D eigenvalue weighted by atomic mass is 10.3. The molecule has 1 rings (SSSR count). The van der Waals surface area contributed by atoms with Crippen molar-refractivity contribution in [1.29, 1.82) is 5.26 Å². The highest BCUT2D eigenvalue weighted by molar-refractivity contribution is 5.63. The maximum atomic E-state index is 8.89. The quantitative estimate of drug-likeness (QED) is 0.724. The first-order valence-corrected chi connectivity index (χ1v) is 4.69. The van der Waals surface area contributed by atoms with Crippen LogP contribution < -0.4 is 11.1 Å². The SMILES string of the molecule is CNc1nn(CCN(C)C)c(N)c1C#N. The van der Waals surface area contributed by atoms with Crippen molar-refractivity contribution in [2.24, 2.45) is 0 Å². The van der Waals surface area contributed by atoms with Gasteiger partial charge in [-0.15, -0.1) is 0 Å². The minimum atomic E-state index is 0.413. The number of hydrogen-bond acceptors (Lipinski definition) is 5. The van der Waals surface area contributed by atoms with Gasteiger partial charge >= 0.3 is 0 Å². The summed E-state index contributed by atoms with van der Waals surface area (Å²) in [5.41, 5.74) is 6.21. The maximum Gasteiger partial charge on any atom is 0.168 e. The third-order valence-corrected chi connectivity index (χ3v) is 2.10. The molecule has 0 aliphatic heterocycles. The minimum Gasteiger partial charge on any atom is -0.383 e. The summed E-state index contributed by atoms with van der Waals surface area (Å²) in [7, 11) is 5.67. The molecule has 0 aromatic carbocycles. The number of rotatable bonds is 4. The normalized spacial score (nSPS) is 10.3. The Morgan fingerprint density at radius 2 is 2.27 bits per heavy atom. The van der Waals surface area contributed by atoms with Crippen LogP contribution in [0.5, 0.6) is 0 Å². The molecular weight excluding hydrogens is 192 g/mol. The molecule has 0 spiro atoms. The molecule has 0 fully saturated rings. The average molecular weight is 208 g/mol. The van der Waals surface area contributed by atoms with Gasteiger partial charge in [-0.05, 0) is 14.1 Å². The molecule has 6 heteroatoms. The molecule has 0 aliphatic rings. The Morgan fingerprint density at radius 1 is 1.60 bits per heavy atom. The average Bonchev–Trinajstić information content (AvgIpc) is 2.51. The smallest absolute Gasteiger partial charge is 0.168 e. The predicted molar refractivity (Wildman–Crippen MR) is 59.5 cm³/mol. The van der Waals surface area contributed by atoms with Crippen LogP contribution in [0.1, 0.15) is 5.56 Å². The Kier molecular flexibility index (Phi) is 3.52. The number of anilines is 2. The van der Waals surface area contributed by atoms with E-state index in [4.69, 9.17) is 11.0 Å². The molecular formula is C9H16N6. The predicted octanol–water partition coefficient (Wildman–Crippen LogP) is -0.0597. The van der Waals surface area contributed by atoms with E-state index in [0.717, 1.165) is 6.54 Å². The zero-order valence-electron chi connectivity index (χ0n) is 9.28. The van der Waals surface area contributed by atoms with Crippen molar-refractivity contribution in [3.05, 3.63) is 5.56 Å². The van der Waals surface area contributed by atoms with E-state index in [0.29, 0.717) is 23.7 Å². The fraction of sp³-hybridized carbons (Fsp3) is 0.556. The van der Waals surface area contributed by atoms with Crippen LogP contribution in [-0.4, -0.2) is 42.4 Å². The van der Waals surface area contributed by atoms with Gasteiger partial charge in [0.05, 0.1) is 6.54 Å². The summed E-state index contributed by atoms with van der Waals surface area (Å²) in [5, 5.41) is 15.9. The van der Waals surface area contributed by atoms with Gasteiger partial charge in [-0.3, -0.25) is 0 Å². The molecule has 0 unspecified atom stereocenters. The van der Waals surface area contributed by atoms with E-state index >= 15 is 0 Å². The first kappa shape index (κ1) is 11.3. The summed E-state index contributed by atoms with van der Waals surface area (Å²) in [4.78, 5) is 2.03. The fourth-order valence-corrected chi connectivity index (χ4v) is 1.23. The number of nitrogens with two attached hydrogens (primary N) is 1. The number of likely N-dealkylation sites (N-methyl/N-ethyl adjacent to an activating group) is 1. The van der Waals surface area contributed by atoms with Gasteiger partial charge in [0, 0.05) is 13.6 Å². The van der Waals surface area contributed by atoms with Gasteiger partial charge in [-0.2, -0.15) is 10.4 Å². The van der Waals surface area contributed by atoms with Gasteiger partial charge in [-0.25, -0.2) is 4.68 Å². The van der Waals surface area contributed by atoms with Crippen molar-refractivity contribution >= 4 is 11.6 Å². The van der Waals surface area contributed by atoms with E-state index in [1.807, 2.05) is 25.1 Å². The van der Waals surface area contributed by atoms with Crippen molar-refractivity contribution in [2.75, 3.05) is 38.7 Å². The number of aromatic nitrogens is 2. The first-order chi connectivity index (χ1) is 7.10. The van der Waals surface area contributed by atoms with Crippen LogP contribution in [0, 0.1) is 11.3 Å². The lowest BCUT2D eigenvalue weighted by Gasteiger charge is -2.09. The first-order valence-electron chi connectivity index (χ1n) is 4.69. The number of nitrogens with zero attached hydrogens (tertiary/aromatic N) is 4. The van der Waals surface area contributed by atoms with Gasteiger partial charge in [-0.1, -0.05) is 0 Å². The molecule has 0 atom stereocenters. The van der Waals surface area contributed by atoms with E-state index in [-0.39, 0.29) is 0 Å².